The molecular weight excluding hydrogens is 388 g/mol. The van der Waals surface area contributed by atoms with E-state index in [-0.39, 0.29) is 11.3 Å². The standard InChI is InChI=1S/C18H13ClN4O3S/c19-11-5-7-12(8-6-11)22-17(14-9-27-10-15(14)21-22)20-18(24)13-3-1-2-4-16(13)23(25)26/h1-8H,9-10H2,(H,20,24). The number of hydrogen-bond acceptors (Lipinski definition) is 5. The van der Waals surface area contributed by atoms with E-state index in [0.717, 1.165) is 28.5 Å². The van der Waals surface area contributed by atoms with Crippen molar-refractivity contribution in [3.8, 4) is 5.69 Å². The smallest absolute Gasteiger partial charge is 0.282 e. The van der Waals surface area contributed by atoms with Gasteiger partial charge in [-0.05, 0) is 30.3 Å². The zero-order valence-corrected chi connectivity index (χ0v) is 15.5. The third-order valence-corrected chi connectivity index (χ3v) is 5.42. The van der Waals surface area contributed by atoms with Gasteiger partial charge in [0.25, 0.3) is 11.6 Å². The second-order valence-electron chi connectivity index (χ2n) is 5.88. The first-order valence-corrected chi connectivity index (χ1v) is 9.57. The molecule has 0 atom stereocenters. The highest BCUT2D eigenvalue weighted by Crippen LogP contribution is 2.36. The molecule has 1 aliphatic rings. The molecule has 9 heteroatoms. The van der Waals surface area contributed by atoms with Crippen LogP contribution >= 0.6 is 23.4 Å². The number of anilines is 1. The Morgan fingerprint density at radius 2 is 1.93 bits per heavy atom. The summed E-state index contributed by atoms with van der Waals surface area (Å²) in [5.41, 5.74) is 2.34. The molecule has 0 unspecified atom stereocenters. The minimum absolute atomic E-state index is 0.00533. The van der Waals surface area contributed by atoms with Crippen molar-refractivity contribution in [3.05, 3.63) is 80.5 Å². The minimum Gasteiger partial charge on any atom is -0.306 e. The maximum absolute atomic E-state index is 12.8. The monoisotopic (exact) mass is 400 g/mol. The number of rotatable bonds is 4. The number of benzene rings is 2. The zero-order valence-electron chi connectivity index (χ0n) is 13.9. The molecule has 7 nitrogen and oxygen atoms in total. The molecule has 136 valence electrons. The Bertz CT molecular complexity index is 1050. The van der Waals surface area contributed by atoms with Crippen molar-refractivity contribution in [1.82, 2.24) is 9.78 Å². The average Bonchev–Trinajstić information content (AvgIpc) is 3.25. The molecule has 2 heterocycles. The van der Waals surface area contributed by atoms with Crippen LogP contribution in [0.25, 0.3) is 5.69 Å². The normalized spacial score (nSPS) is 12.6. The third-order valence-electron chi connectivity index (χ3n) is 4.20. The van der Waals surface area contributed by atoms with Crippen LogP contribution in [-0.2, 0) is 11.5 Å². The maximum atomic E-state index is 12.8. The lowest BCUT2D eigenvalue weighted by molar-refractivity contribution is -0.385. The van der Waals surface area contributed by atoms with E-state index in [4.69, 9.17) is 11.6 Å². The average molecular weight is 401 g/mol. The van der Waals surface area contributed by atoms with Crippen LogP contribution in [0.15, 0.2) is 48.5 Å². The predicted octanol–water partition coefficient (Wildman–Crippen LogP) is 4.43. The Kier molecular flexibility index (Phi) is 4.59. The first kappa shape index (κ1) is 17.6. The highest BCUT2D eigenvalue weighted by molar-refractivity contribution is 7.98. The van der Waals surface area contributed by atoms with Gasteiger partial charge in [0.2, 0.25) is 0 Å². The number of halogens is 1. The third kappa shape index (κ3) is 3.29. The van der Waals surface area contributed by atoms with Crippen LogP contribution in [0.2, 0.25) is 5.02 Å². The number of nitrogens with one attached hydrogen (secondary N) is 1. The van der Waals surface area contributed by atoms with Gasteiger partial charge >= 0.3 is 0 Å². The summed E-state index contributed by atoms with van der Waals surface area (Å²) in [5, 5.41) is 19.3. The molecular formula is C18H13ClN4O3S. The number of thioether (sulfide) groups is 1. The summed E-state index contributed by atoms with van der Waals surface area (Å²) in [5.74, 6) is 1.46. The van der Waals surface area contributed by atoms with E-state index >= 15 is 0 Å². The first-order chi connectivity index (χ1) is 13.0. The molecule has 1 aromatic heterocycles. The first-order valence-electron chi connectivity index (χ1n) is 8.04. The van der Waals surface area contributed by atoms with Crippen LogP contribution in [0, 0.1) is 10.1 Å². The van der Waals surface area contributed by atoms with Gasteiger partial charge < -0.3 is 5.32 Å². The fourth-order valence-corrected chi connectivity index (χ4v) is 4.07. The molecule has 3 aromatic rings. The lowest BCUT2D eigenvalue weighted by Crippen LogP contribution is -2.17. The van der Waals surface area contributed by atoms with Crippen LogP contribution in [0.3, 0.4) is 0 Å². The minimum atomic E-state index is -0.564. The predicted molar refractivity (Wildman–Crippen MR) is 105 cm³/mol. The quantitative estimate of drug-likeness (QED) is 0.516. The topological polar surface area (TPSA) is 90.1 Å². The summed E-state index contributed by atoms with van der Waals surface area (Å²) in [6, 6.07) is 13.0. The lowest BCUT2D eigenvalue weighted by Gasteiger charge is -2.11. The van der Waals surface area contributed by atoms with Crippen LogP contribution < -0.4 is 5.32 Å². The molecule has 1 N–H and O–H groups in total. The Hall–Kier alpha value is -2.84. The van der Waals surface area contributed by atoms with E-state index in [1.54, 1.807) is 46.8 Å². The number of nitro benzene ring substituents is 1. The van der Waals surface area contributed by atoms with Gasteiger partial charge in [0, 0.05) is 28.2 Å². The van der Waals surface area contributed by atoms with Gasteiger partial charge in [0.05, 0.1) is 16.3 Å². The molecule has 4 rings (SSSR count). The number of para-hydroxylation sites is 1. The Balaban J connectivity index is 1.75. The second-order valence-corrected chi connectivity index (χ2v) is 7.31. The fourth-order valence-electron chi connectivity index (χ4n) is 2.91. The van der Waals surface area contributed by atoms with E-state index in [1.807, 2.05) is 0 Å². The molecule has 1 aliphatic heterocycles. The molecule has 0 saturated heterocycles. The second kappa shape index (κ2) is 7.05. The van der Waals surface area contributed by atoms with Gasteiger partial charge in [-0.2, -0.15) is 16.9 Å². The van der Waals surface area contributed by atoms with Gasteiger partial charge in [-0.25, -0.2) is 4.68 Å². The van der Waals surface area contributed by atoms with Crippen molar-refractivity contribution in [2.75, 3.05) is 5.32 Å². The summed E-state index contributed by atoms with van der Waals surface area (Å²) in [6.07, 6.45) is 0. The molecule has 27 heavy (non-hydrogen) atoms. The van der Waals surface area contributed by atoms with Crippen LogP contribution in [0.5, 0.6) is 0 Å². The zero-order chi connectivity index (χ0) is 19.0. The van der Waals surface area contributed by atoms with Crippen LogP contribution in [-0.4, -0.2) is 20.6 Å². The van der Waals surface area contributed by atoms with Gasteiger partial charge in [-0.15, -0.1) is 0 Å². The van der Waals surface area contributed by atoms with Crippen LogP contribution in [0.1, 0.15) is 21.6 Å². The largest absolute Gasteiger partial charge is 0.306 e. The lowest BCUT2D eigenvalue weighted by atomic mass is 10.1. The molecule has 0 spiro atoms. The SMILES string of the molecule is O=C(Nc1c2c(nn1-c1ccc(Cl)cc1)CSC2)c1ccccc1[N+](=O)[O-]. The molecule has 0 radical (unpaired) electrons. The van der Waals surface area contributed by atoms with Crippen molar-refractivity contribution in [1.29, 1.82) is 0 Å². The summed E-state index contributed by atoms with van der Waals surface area (Å²) in [7, 11) is 0. The summed E-state index contributed by atoms with van der Waals surface area (Å²) < 4.78 is 1.65. The van der Waals surface area contributed by atoms with Gasteiger partial charge in [0.15, 0.2) is 0 Å². The Morgan fingerprint density at radius 3 is 2.67 bits per heavy atom. The molecule has 2 aromatic carbocycles. The van der Waals surface area contributed by atoms with Gasteiger partial charge in [0.1, 0.15) is 11.4 Å². The van der Waals surface area contributed by atoms with Crippen LogP contribution in [0.4, 0.5) is 11.5 Å². The van der Waals surface area contributed by atoms with E-state index in [9.17, 15) is 14.9 Å². The number of nitrogens with zero attached hydrogens (tertiary/aromatic N) is 3. The molecule has 0 fully saturated rings. The van der Waals surface area contributed by atoms with E-state index < -0.39 is 10.8 Å². The number of hydrogen-bond donors (Lipinski definition) is 1. The summed E-state index contributed by atoms with van der Waals surface area (Å²) in [6.45, 7) is 0. The number of carbonyl (C=O) groups is 1. The Morgan fingerprint density at radius 1 is 1.19 bits per heavy atom. The number of fused-ring (bicyclic) bond motifs is 1. The molecule has 1 amide bonds. The molecule has 0 saturated carbocycles. The number of nitro groups is 1. The van der Waals surface area contributed by atoms with Crippen molar-refractivity contribution < 1.29 is 9.72 Å². The number of carbonyl (C=O) groups excluding carboxylic acids is 1. The van der Waals surface area contributed by atoms with Gasteiger partial charge in [-0.3, -0.25) is 14.9 Å². The van der Waals surface area contributed by atoms with E-state index in [0.29, 0.717) is 10.8 Å². The van der Waals surface area contributed by atoms with Crippen molar-refractivity contribution >= 4 is 40.8 Å². The van der Waals surface area contributed by atoms with Crippen molar-refractivity contribution in [3.63, 3.8) is 0 Å². The molecule has 0 aliphatic carbocycles. The number of aromatic nitrogens is 2. The Labute approximate surface area is 163 Å². The van der Waals surface area contributed by atoms with E-state index in [1.165, 1.54) is 18.2 Å². The molecule has 0 bridgehead atoms. The summed E-state index contributed by atoms with van der Waals surface area (Å²) in [4.78, 5) is 23.5. The van der Waals surface area contributed by atoms with E-state index in [2.05, 4.69) is 10.4 Å². The highest BCUT2D eigenvalue weighted by Gasteiger charge is 2.27. The highest BCUT2D eigenvalue weighted by atomic mass is 35.5. The number of amides is 1. The van der Waals surface area contributed by atoms with Crippen molar-refractivity contribution in [2.24, 2.45) is 0 Å². The summed E-state index contributed by atoms with van der Waals surface area (Å²) >= 11 is 7.66. The van der Waals surface area contributed by atoms with Crippen molar-refractivity contribution in [2.45, 2.75) is 11.5 Å². The maximum Gasteiger partial charge on any atom is 0.282 e. The fraction of sp³-hybridized carbons (Fsp3) is 0.111. The van der Waals surface area contributed by atoms with Gasteiger partial charge in [-0.1, -0.05) is 23.7 Å².